The van der Waals surface area contributed by atoms with Gasteiger partial charge < -0.3 is 10.0 Å². The summed E-state index contributed by atoms with van der Waals surface area (Å²) < 4.78 is 1.81. The largest absolute Gasteiger partial charge is 0.492 e. The molecule has 4 aromatic carbocycles. The molecule has 0 aliphatic carbocycles. The molecule has 2 N–H and O–H groups in total. The van der Waals surface area contributed by atoms with Crippen molar-refractivity contribution >= 4 is 12.6 Å². The van der Waals surface area contributed by atoms with Crippen molar-refractivity contribution in [2.75, 3.05) is 0 Å². The van der Waals surface area contributed by atoms with Crippen LogP contribution in [-0.2, 0) is 5.54 Å². The second-order valence-electron chi connectivity index (χ2n) is 8.25. The fraction of sp³-hybridized carbons (Fsp3) is 0.0345. The van der Waals surface area contributed by atoms with Gasteiger partial charge in [0.1, 0.15) is 5.54 Å². The Morgan fingerprint density at radius 1 is 0.686 bits per heavy atom. The van der Waals surface area contributed by atoms with Crippen LogP contribution in [0.15, 0.2) is 121 Å². The highest BCUT2D eigenvalue weighted by atomic mass is 16.4. The van der Waals surface area contributed by atoms with Gasteiger partial charge in [0.2, 0.25) is 0 Å². The average Bonchev–Trinajstić information content (AvgIpc) is 3.37. The molecule has 0 bridgehead atoms. The van der Waals surface area contributed by atoms with Gasteiger partial charge in [-0.2, -0.15) is 10.4 Å². The van der Waals surface area contributed by atoms with E-state index in [-0.39, 0.29) is 5.46 Å². The Balaban J connectivity index is 1.85. The molecule has 0 spiro atoms. The quantitative estimate of drug-likeness (QED) is 0.300. The van der Waals surface area contributed by atoms with Crippen LogP contribution in [0.5, 0.6) is 0 Å². The maximum absolute atomic E-state index is 10.3. The summed E-state index contributed by atoms with van der Waals surface area (Å²) in [6.45, 7) is 0. The number of benzene rings is 4. The van der Waals surface area contributed by atoms with E-state index in [1.807, 2.05) is 59.3 Å². The zero-order chi connectivity index (χ0) is 24.3. The van der Waals surface area contributed by atoms with Crippen molar-refractivity contribution in [1.29, 1.82) is 5.26 Å². The van der Waals surface area contributed by atoms with Crippen LogP contribution < -0.4 is 5.46 Å². The molecule has 0 unspecified atom stereocenters. The van der Waals surface area contributed by atoms with Crippen LogP contribution in [0, 0.1) is 11.3 Å². The molecular formula is C29H22BN3O2. The number of hydrogen-bond acceptors (Lipinski definition) is 4. The molecule has 0 aliphatic heterocycles. The first-order valence-corrected chi connectivity index (χ1v) is 11.3. The predicted octanol–water partition coefficient (Wildman–Crippen LogP) is 3.94. The molecule has 5 rings (SSSR count). The topological polar surface area (TPSA) is 82.1 Å². The van der Waals surface area contributed by atoms with E-state index in [1.165, 1.54) is 0 Å². The van der Waals surface area contributed by atoms with Crippen molar-refractivity contribution < 1.29 is 10.0 Å². The molecule has 0 atom stereocenters. The maximum atomic E-state index is 10.3. The van der Waals surface area contributed by atoms with Gasteiger partial charge in [-0.25, -0.2) is 0 Å². The van der Waals surface area contributed by atoms with Crippen LogP contribution in [0.25, 0.3) is 11.3 Å². The van der Waals surface area contributed by atoms with E-state index in [2.05, 4.69) is 42.5 Å². The van der Waals surface area contributed by atoms with Crippen LogP contribution in [0.3, 0.4) is 0 Å². The zero-order valence-electron chi connectivity index (χ0n) is 18.9. The Bertz CT molecular complexity index is 1360. The van der Waals surface area contributed by atoms with Gasteiger partial charge >= 0.3 is 7.12 Å². The lowest BCUT2D eigenvalue weighted by atomic mass is 9.76. The summed E-state index contributed by atoms with van der Waals surface area (Å²) in [5.41, 5.74) is 3.98. The first-order chi connectivity index (χ1) is 17.1. The van der Waals surface area contributed by atoms with E-state index in [9.17, 15) is 15.3 Å². The molecule has 35 heavy (non-hydrogen) atoms. The summed E-state index contributed by atoms with van der Waals surface area (Å²) in [7, 11) is -1.73. The first kappa shape index (κ1) is 22.4. The minimum Gasteiger partial charge on any atom is -0.423 e. The van der Waals surface area contributed by atoms with Gasteiger partial charge in [-0.3, -0.25) is 4.68 Å². The monoisotopic (exact) mass is 455 g/mol. The van der Waals surface area contributed by atoms with Crippen LogP contribution in [0.1, 0.15) is 22.3 Å². The number of hydrogen-bond donors (Lipinski definition) is 2. The molecule has 1 aromatic heterocycles. The molecule has 0 fully saturated rings. The Morgan fingerprint density at radius 3 is 1.54 bits per heavy atom. The molecule has 5 nitrogen and oxygen atoms in total. The lowest BCUT2D eigenvalue weighted by Gasteiger charge is -2.36. The van der Waals surface area contributed by atoms with E-state index < -0.39 is 12.7 Å². The smallest absolute Gasteiger partial charge is 0.423 e. The molecule has 0 amide bonds. The lowest BCUT2D eigenvalue weighted by molar-refractivity contribution is 0.425. The van der Waals surface area contributed by atoms with Crippen molar-refractivity contribution in [3.63, 3.8) is 0 Å². The fourth-order valence-corrected chi connectivity index (χ4v) is 4.61. The summed E-state index contributed by atoms with van der Waals surface area (Å²) in [6, 6.07) is 39.2. The van der Waals surface area contributed by atoms with Crippen molar-refractivity contribution in [2.45, 2.75) is 5.54 Å². The predicted molar refractivity (Wildman–Crippen MR) is 137 cm³/mol. The van der Waals surface area contributed by atoms with Gasteiger partial charge in [0.15, 0.2) is 0 Å². The molecule has 5 aromatic rings. The van der Waals surface area contributed by atoms with Gasteiger partial charge in [0, 0.05) is 17.2 Å². The van der Waals surface area contributed by atoms with Crippen molar-refractivity contribution in [2.24, 2.45) is 0 Å². The first-order valence-electron chi connectivity index (χ1n) is 11.3. The highest BCUT2D eigenvalue weighted by molar-refractivity contribution is 6.60. The second-order valence-corrected chi connectivity index (χ2v) is 8.25. The van der Waals surface area contributed by atoms with Gasteiger partial charge in [-0.15, -0.1) is 0 Å². The van der Waals surface area contributed by atoms with Gasteiger partial charge in [-0.1, -0.05) is 103 Å². The van der Waals surface area contributed by atoms with Crippen molar-refractivity contribution in [1.82, 2.24) is 9.78 Å². The summed E-state index contributed by atoms with van der Waals surface area (Å²) in [5.74, 6) is 0. The minimum atomic E-state index is -1.73. The standard InChI is InChI=1S/C29H22BN3O2/c31-20-22-16-18-23(19-17-22)28-27(30(34)35)21-33(32-28)29(24-10-4-1-5-11-24,25-12-6-2-7-13-25)26-14-8-3-9-15-26/h1-19,21,34-35H. The zero-order valence-corrected chi connectivity index (χ0v) is 18.9. The summed E-state index contributed by atoms with van der Waals surface area (Å²) in [6.07, 6.45) is 1.70. The second kappa shape index (κ2) is 9.44. The molecule has 0 saturated carbocycles. The SMILES string of the molecule is N#Cc1ccc(-c2nn(C(c3ccccc3)(c3ccccc3)c3ccccc3)cc2B(O)O)cc1. The third-order valence-corrected chi connectivity index (χ3v) is 6.23. The molecule has 1 heterocycles. The lowest BCUT2D eigenvalue weighted by Crippen LogP contribution is -2.39. The van der Waals surface area contributed by atoms with Gasteiger partial charge in [0.25, 0.3) is 0 Å². The summed E-state index contributed by atoms with van der Waals surface area (Å²) >= 11 is 0. The third-order valence-electron chi connectivity index (χ3n) is 6.23. The number of nitriles is 1. The Labute approximate surface area is 204 Å². The van der Waals surface area contributed by atoms with E-state index in [0.717, 1.165) is 16.7 Å². The average molecular weight is 455 g/mol. The normalized spacial score (nSPS) is 11.1. The third kappa shape index (κ3) is 3.93. The van der Waals surface area contributed by atoms with E-state index in [0.29, 0.717) is 16.8 Å². The molecule has 6 heteroatoms. The highest BCUT2D eigenvalue weighted by Gasteiger charge is 2.40. The number of aromatic nitrogens is 2. The summed E-state index contributed by atoms with van der Waals surface area (Å²) in [4.78, 5) is 0. The van der Waals surface area contributed by atoms with Crippen LogP contribution in [0.4, 0.5) is 0 Å². The Kier molecular flexibility index (Phi) is 6.03. The molecule has 0 aliphatic rings. The molecule has 168 valence electrons. The van der Waals surface area contributed by atoms with E-state index in [4.69, 9.17) is 5.10 Å². The molecule has 0 radical (unpaired) electrons. The Hall–Kier alpha value is -4.44. The van der Waals surface area contributed by atoms with E-state index in [1.54, 1.807) is 30.5 Å². The fourth-order valence-electron chi connectivity index (χ4n) is 4.61. The van der Waals surface area contributed by atoms with Gasteiger partial charge in [0.05, 0.1) is 17.3 Å². The maximum Gasteiger partial charge on any atom is 0.492 e. The van der Waals surface area contributed by atoms with Crippen LogP contribution in [0.2, 0.25) is 0 Å². The van der Waals surface area contributed by atoms with Crippen LogP contribution >= 0.6 is 0 Å². The van der Waals surface area contributed by atoms with E-state index >= 15 is 0 Å². The van der Waals surface area contributed by atoms with Crippen LogP contribution in [-0.4, -0.2) is 26.9 Å². The van der Waals surface area contributed by atoms with Gasteiger partial charge in [-0.05, 0) is 28.8 Å². The minimum absolute atomic E-state index is 0.280. The molecular weight excluding hydrogens is 433 g/mol. The highest BCUT2D eigenvalue weighted by Crippen LogP contribution is 2.40. The number of rotatable bonds is 6. The Morgan fingerprint density at radius 2 is 1.14 bits per heavy atom. The van der Waals surface area contributed by atoms with Crippen molar-refractivity contribution in [3.8, 4) is 17.3 Å². The summed E-state index contributed by atoms with van der Waals surface area (Å²) in [5, 5.41) is 34.8. The van der Waals surface area contributed by atoms with Crippen molar-refractivity contribution in [3.05, 3.63) is 144 Å². The number of nitrogens with zero attached hydrogens (tertiary/aromatic N) is 3. The molecule has 0 saturated heterocycles.